The van der Waals surface area contributed by atoms with E-state index in [1.54, 1.807) is 6.07 Å². The zero-order chi connectivity index (χ0) is 32.4. The maximum absolute atomic E-state index is 13.8. The van der Waals surface area contributed by atoms with Gasteiger partial charge in [-0.15, -0.1) is 0 Å². The molecule has 3 aromatic rings. The van der Waals surface area contributed by atoms with Crippen LogP contribution in [0, 0.1) is 11.6 Å². The third-order valence-corrected chi connectivity index (χ3v) is 7.94. The maximum Gasteiger partial charge on any atom is 0.328 e. The summed E-state index contributed by atoms with van der Waals surface area (Å²) in [6, 6.07) is 22.1. The minimum Gasteiger partial charge on any atom is -0.478 e. The van der Waals surface area contributed by atoms with Crippen molar-refractivity contribution in [1.29, 1.82) is 0 Å². The van der Waals surface area contributed by atoms with E-state index >= 15 is 0 Å². The fourth-order valence-electron chi connectivity index (χ4n) is 5.71. The Balaban J connectivity index is 0.000000510. The lowest BCUT2D eigenvalue weighted by atomic mass is 9.85. The van der Waals surface area contributed by atoms with E-state index < -0.39 is 17.5 Å². The summed E-state index contributed by atoms with van der Waals surface area (Å²) < 4.78 is 26.9. The highest BCUT2D eigenvalue weighted by molar-refractivity contribution is 5.96. The number of carbonyl (C=O) groups excluding carboxylic acids is 2. The fourth-order valence-corrected chi connectivity index (χ4v) is 5.71. The Labute approximate surface area is 260 Å². The molecule has 0 aliphatic carbocycles. The molecule has 0 saturated carbocycles. The summed E-state index contributed by atoms with van der Waals surface area (Å²) in [6.07, 6.45) is 3.61. The molecule has 1 spiro atoms. The molecule has 2 saturated heterocycles. The molecule has 0 radical (unpaired) electrons. The van der Waals surface area contributed by atoms with Gasteiger partial charge in [0.15, 0.2) is 5.78 Å². The number of amides is 1. The number of carbonyl (C=O) groups is 4. The van der Waals surface area contributed by atoms with Crippen LogP contribution in [0.2, 0.25) is 0 Å². The number of Topliss-reactive ketones (excluding diaryl/α,β-unsaturated/α-hetero) is 1. The molecule has 11 heteroatoms. The molecule has 2 aliphatic rings. The molecule has 0 atom stereocenters. The molecule has 236 valence electrons. The number of piperidine rings is 1. The van der Waals surface area contributed by atoms with E-state index in [1.165, 1.54) is 36.4 Å². The minimum atomic E-state index is -1.26. The number of para-hydroxylation sites is 1. The van der Waals surface area contributed by atoms with Crippen LogP contribution in [0.25, 0.3) is 0 Å². The van der Waals surface area contributed by atoms with E-state index in [9.17, 15) is 28.0 Å². The number of benzene rings is 3. The highest BCUT2D eigenvalue weighted by Crippen LogP contribution is 2.40. The van der Waals surface area contributed by atoms with Crippen molar-refractivity contribution in [2.75, 3.05) is 31.2 Å². The SMILES string of the molecule is O=C(CCCN1CCC2(CC1)C(=O)N(Cc1cccc(F)c1)CN2c1ccccc1)c1ccc(F)cc1.O=C(O)/C=C/C(=O)O. The van der Waals surface area contributed by atoms with Gasteiger partial charge in [-0.05, 0) is 79.9 Å². The van der Waals surface area contributed by atoms with Gasteiger partial charge in [-0.1, -0.05) is 30.3 Å². The Hall–Kier alpha value is -4.90. The van der Waals surface area contributed by atoms with Crippen LogP contribution >= 0.6 is 0 Å². The third kappa shape index (κ3) is 8.82. The molecule has 0 bridgehead atoms. The van der Waals surface area contributed by atoms with Crippen molar-refractivity contribution in [1.82, 2.24) is 9.80 Å². The molecule has 3 aromatic carbocycles. The van der Waals surface area contributed by atoms with E-state index in [4.69, 9.17) is 10.2 Å². The van der Waals surface area contributed by atoms with Crippen LogP contribution in [0.3, 0.4) is 0 Å². The molecular formula is C34H35F2N3O6. The average Bonchev–Trinajstić information content (AvgIpc) is 3.28. The number of carboxylic acid groups (broad SMARTS) is 2. The summed E-state index contributed by atoms with van der Waals surface area (Å²) in [4.78, 5) is 51.7. The van der Waals surface area contributed by atoms with Gasteiger partial charge in [0.2, 0.25) is 5.91 Å². The van der Waals surface area contributed by atoms with Gasteiger partial charge in [0.05, 0.1) is 6.67 Å². The minimum absolute atomic E-state index is 0.0164. The van der Waals surface area contributed by atoms with Gasteiger partial charge in [-0.25, -0.2) is 18.4 Å². The van der Waals surface area contributed by atoms with Crippen molar-refractivity contribution < 1.29 is 38.2 Å². The molecule has 5 rings (SSSR count). The Kier molecular flexibility index (Phi) is 11.2. The summed E-state index contributed by atoms with van der Waals surface area (Å²) in [6.45, 7) is 3.12. The predicted octanol–water partition coefficient (Wildman–Crippen LogP) is 4.98. The largest absolute Gasteiger partial charge is 0.478 e. The number of anilines is 1. The second-order valence-electron chi connectivity index (χ2n) is 11.0. The third-order valence-electron chi connectivity index (χ3n) is 7.94. The number of halogens is 2. The Bertz CT molecular complexity index is 1510. The number of rotatable bonds is 10. The van der Waals surface area contributed by atoms with Crippen LogP contribution in [0.4, 0.5) is 14.5 Å². The first-order valence-corrected chi connectivity index (χ1v) is 14.6. The highest BCUT2D eigenvalue weighted by Gasteiger charge is 2.53. The summed E-state index contributed by atoms with van der Waals surface area (Å²) in [5, 5.41) is 15.6. The van der Waals surface area contributed by atoms with Crippen molar-refractivity contribution in [3.05, 3.63) is 114 Å². The molecule has 2 N–H and O–H groups in total. The molecule has 45 heavy (non-hydrogen) atoms. The van der Waals surface area contributed by atoms with Crippen molar-refractivity contribution in [3.63, 3.8) is 0 Å². The molecule has 0 unspecified atom stereocenters. The number of aliphatic carboxylic acids is 2. The van der Waals surface area contributed by atoms with E-state index in [0.29, 0.717) is 56.6 Å². The van der Waals surface area contributed by atoms with Crippen LogP contribution in [0.5, 0.6) is 0 Å². The first kappa shape index (κ1) is 33.0. The van der Waals surface area contributed by atoms with E-state index in [-0.39, 0.29) is 23.3 Å². The Morgan fingerprint density at radius 1 is 0.822 bits per heavy atom. The molecule has 1 amide bonds. The van der Waals surface area contributed by atoms with Gasteiger partial charge in [-0.3, -0.25) is 9.59 Å². The van der Waals surface area contributed by atoms with Crippen LogP contribution in [0.1, 0.15) is 41.6 Å². The van der Waals surface area contributed by atoms with Crippen LogP contribution in [-0.2, 0) is 20.9 Å². The molecule has 9 nitrogen and oxygen atoms in total. The van der Waals surface area contributed by atoms with Gasteiger partial charge in [0.25, 0.3) is 0 Å². The maximum atomic E-state index is 13.8. The zero-order valence-corrected chi connectivity index (χ0v) is 24.6. The first-order chi connectivity index (χ1) is 21.6. The summed E-state index contributed by atoms with van der Waals surface area (Å²) in [5.74, 6) is -3.06. The zero-order valence-electron chi connectivity index (χ0n) is 24.6. The van der Waals surface area contributed by atoms with Gasteiger partial charge < -0.3 is 24.9 Å². The fraction of sp³-hybridized carbons (Fsp3) is 0.294. The lowest BCUT2D eigenvalue weighted by Gasteiger charge is -2.43. The van der Waals surface area contributed by atoms with E-state index in [1.807, 2.05) is 41.3 Å². The molecule has 2 aliphatic heterocycles. The normalized spacial score (nSPS) is 16.1. The number of nitrogens with zero attached hydrogens (tertiary/aromatic N) is 3. The van der Waals surface area contributed by atoms with Gasteiger partial charge >= 0.3 is 11.9 Å². The number of hydrogen-bond donors (Lipinski definition) is 2. The number of hydrogen-bond acceptors (Lipinski definition) is 6. The topological polar surface area (TPSA) is 118 Å². The van der Waals surface area contributed by atoms with Crippen molar-refractivity contribution >= 4 is 29.3 Å². The van der Waals surface area contributed by atoms with E-state index in [2.05, 4.69) is 9.80 Å². The monoisotopic (exact) mass is 619 g/mol. The van der Waals surface area contributed by atoms with Gasteiger partial charge in [0, 0.05) is 49.5 Å². The number of ketones is 1. The van der Waals surface area contributed by atoms with Crippen LogP contribution in [0.15, 0.2) is 91.0 Å². The summed E-state index contributed by atoms with van der Waals surface area (Å²) in [7, 11) is 0. The second kappa shape index (κ2) is 15.2. The quantitative estimate of drug-likeness (QED) is 0.241. The average molecular weight is 620 g/mol. The Morgan fingerprint density at radius 3 is 2.07 bits per heavy atom. The van der Waals surface area contributed by atoms with E-state index in [0.717, 1.165) is 30.9 Å². The summed E-state index contributed by atoms with van der Waals surface area (Å²) >= 11 is 0. The van der Waals surface area contributed by atoms with Gasteiger partial charge in [0.1, 0.15) is 17.2 Å². The number of carboxylic acids is 2. The van der Waals surface area contributed by atoms with Crippen molar-refractivity contribution in [2.24, 2.45) is 0 Å². The molecule has 2 heterocycles. The molecular weight excluding hydrogens is 584 g/mol. The predicted molar refractivity (Wildman–Crippen MR) is 164 cm³/mol. The molecule has 0 aromatic heterocycles. The van der Waals surface area contributed by atoms with Crippen LogP contribution in [-0.4, -0.2) is 75.5 Å². The summed E-state index contributed by atoms with van der Waals surface area (Å²) in [5.41, 5.74) is 1.69. The van der Waals surface area contributed by atoms with Crippen molar-refractivity contribution in [2.45, 2.75) is 37.8 Å². The van der Waals surface area contributed by atoms with Gasteiger partial charge in [-0.2, -0.15) is 0 Å². The van der Waals surface area contributed by atoms with Crippen molar-refractivity contribution in [3.8, 4) is 0 Å². The van der Waals surface area contributed by atoms with Crippen LogP contribution < -0.4 is 4.90 Å². The highest BCUT2D eigenvalue weighted by atomic mass is 19.1. The molecule has 2 fully saturated rings. The Morgan fingerprint density at radius 2 is 1.47 bits per heavy atom. The lowest BCUT2D eigenvalue weighted by Crippen LogP contribution is -2.56. The first-order valence-electron chi connectivity index (χ1n) is 14.6. The number of likely N-dealkylation sites (tertiary alicyclic amines) is 1. The second-order valence-corrected chi connectivity index (χ2v) is 11.0. The smallest absolute Gasteiger partial charge is 0.328 e. The standard InChI is InChI=1S/C30H31F2N3O2.C4H4O4/c31-25-13-11-24(12-14-25)28(36)10-5-17-33-18-15-30(16-19-33)29(37)34(21-23-6-4-7-26(32)20-23)22-35(30)27-8-2-1-3-9-27;5-3(6)1-2-4(7)8/h1-4,6-9,11-14,20H,5,10,15-19,21-22H2;1-2H,(H,5,6)(H,7,8)/b;2-1+. The lowest BCUT2D eigenvalue weighted by molar-refractivity contribution is -0.134.